The number of aromatic amines is 1. The van der Waals surface area contributed by atoms with Crippen molar-refractivity contribution in [1.82, 2.24) is 30.0 Å². The Bertz CT molecular complexity index is 1080. The Morgan fingerprint density at radius 1 is 1.29 bits per heavy atom. The van der Waals surface area contributed by atoms with E-state index in [1.54, 1.807) is 17.1 Å². The summed E-state index contributed by atoms with van der Waals surface area (Å²) in [7, 11) is 1.85. The molecule has 164 valence electrons. The number of carbonyl (C=O) groups excluding carboxylic acids is 1. The van der Waals surface area contributed by atoms with Gasteiger partial charge in [-0.05, 0) is 56.9 Å². The van der Waals surface area contributed by atoms with Crippen molar-refractivity contribution in [2.45, 2.75) is 45.1 Å². The highest BCUT2D eigenvalue weighted by molar-refractivity contribution is 6.35. The highest BCUT2D eigenvalue weighted by atomic mass is 35.5. The lowest BCUT2D eigenvalue weighted by Crippen LogP contribution is -2.31. The molecular weight excluding hydrogens is 414 g/mol. The minimum Gasteiger partial charge on any atom is -0.350 e. The minimum atomic E-state index is -0.0125. The molecule has 0 bridgehead atoms. The molecule has 0 aromatic carbocycles. The first-order chi connectivity index (χ1) is 14.9. The number of carbonyl (C=O) groups is 1. The zero-order valence-corrected chi connectivity index (χ0v) is 18.6. The molecule has 2 saturated carbocycles. The van der Waals surface area contributed by atoms with Gasteiger partial charge < -0.3 is 15.6 Å². The van der Waals surface area contributed by atoms with Crippen molar-refractivity contribution in [2.24, 2.45) is 18.9 Å². The molecule has 3 heterocycles. The van der Waals surface area contributed by atoms with Gasteiger partial charge in [-0.25, -0.2) is 4.98 Å². The van der Waals surface area contributed by atoms with Crippen LogP contribution in [0.2, 0.25) is 5.02 Å². The Morgan fingerprint density at radius 3 is 2.74 bits per heavy atom. The van der Waals surface area contributed by atoms with Gasteiger partial charge in [0, 0.05) is 25.5 Å². The van der Waals surface area contributed by atoms with Crippen LogP contribution < -0.4 is 10.6 Å². The zero-order chi connectivity index (χ0) is 22.0. The molecule has 2 atom stereocenters. The van der Waals surface area contributed by atoms with Crippen LogP contribution in [0.4, 0.5) is 11.6 Å². The lowest BCUT2D eigenvalue weighted by Gasteiger charge is -2.11. The second-order valence-corrected chi connectivity index (χ2v) is 8.75. The Balaban J connectivity index is 0.000000158. The van der Waals surface area contributed by atoms with E-state index >= 15 is 0 Å². The van der Waals surface area contributed by atoms with Crippen LogP contribution in [-0.2, 0) is 11.8 Å². The summed E-state index contributed by atoms with van der Waals surface area (Å²) >= 11 is 6.05. The van der Waals surface area contributed by atoms with Crippen LogP contribution in [0, 0.1) is 18.8 Å². The summed E-state index contributed by atoms with van der Waals surface area (Å²) in [6, 6.07) is 0.427. The van der Waals surface area contributed by atoms with Crippen LogP contribution in [0.25, 0.3) is 11.0 Å². The van der Waals surface area contributed by atoms with Crippen molar-refractivity contribution >= 4 is 40.2 Å². The first kappa shape index (κ1) is 21.4. The van der Waals surface area contributed by atoms with Gasteiger partial charge in [-0.15, -0.1) is 0 Å². The molecule has 0 radical (unpaired) electrons. The van der Waals surface area contributed by atoms with Crippen LogP contribution in [0.3, 0.4) is 0 Å². The lowest BCUT2D eigenvalue weighted by molar-refractivity contribution is -0.117. The van der Waals surface area contributed by atoms with Gasteiger partial charge in [-0.1, -0.05) is 18.2 Å². The van der Waals surface area contributed by atoms with E-state index in [1.165, 1.54) is 38.2 Å². The number of hydrogen-bond acceptors (Lipinski definition) is 5. The highest BCUT2D eigenvalue weighted by Crippen LogP contribution is 2.44. The first-order valence-electron chi connectivity index (χ1n) is 10.6. The van der Waals surface area contributed by atoms with E-state index < -0.39 is 0 Å². The Labute approximate surface area is 186 Å². The molecule has 2 aliphatic carbocycles. The number of amides is 1. The molecule has 3 N–H and O–H groups in total. The molecule has 5 rings (SSSR count). The number of hydrogen-bond donors (Lipinski definition) is 3. The van der Waals surface area contributed by atoms with Crippen molar-refractivity contribution in [2.75, 3.05) is 5.32 Å². The second kappa shape index (κ2) is 9.09. The van der Waals surface area contributed by atoms with Gasteiger partial charge in [0.2, 0.25) is 11.9 Å². The van der Waals surface area contributed by atoms with E-state index in [1.807, 2.05) is 20.2 Å². The molecular formula is C22H28ClN7O. The van der Waals surface area contributed by atoms with E-state index in [0.29, 0.717) is 17.0 Å². The summed E-state index contributed by atoms with van der Waals surface area (Å²) in [5, 5.41) is 11.6. The van der Waals surface area contributed by atoms with E-state index in [2.05, 4.69) is 37.3 Å². The largest absolute Gasteiger partial charge is 0.350 e. The monoisotopic (exact) mass is 441 g/mol. The third kappa shape index (κ3) is 5.25. The standard InChI is InChI=1S/C11H11ClN6.C11H17NO/c1-6-9-8(12)4-13-10(9)17-11(15-6)16-7-3-14-18(2)5-7;1-2-11(13)12-10-6-5-9(7-10)8-3-4-8/h3-5H,1-2H3,(H2,13,15,16,17);2,8-10H,1,3-7H2,(H,12,13). The van der Waals surface area contributed by atoms with Crippen molar-refractivity contribution in [3.63, 3.8) is 0 Å². The Morgan fingerprint density at radius 2 is 2.06 bits per heavy atom. The minimum absolute atomic E-state index is 0.0125. The third-order valence-electron chi connectivity index (χ3n) is 5.92. The molecule has 8 nitrogen and oxygen atoms in total. The van der Waals surface area contributed by atoms with Gasteiger partial charge in [-0.2, -0.15) is 10.1 Å². The number of rotatable bonds is 5. The van der Waals surface area contributed by atoms with Crippen LogP contribution in [0.5, 0.6) is 0 Å². The molecule has 0 aliphatic heterocycles. The van der Waals surface area contributed by atoms with Crippen molar-refractivity contribution < 1.29 is 4.79 Å². The summed E-state index contributed by atoms with van der Waals surface area (Å²) in [6.07, 6.45) is 13.2. The normalized spacial score (nSPS) is 20.2. The fourth-order valence-corrected chi connectivity index (χ4v) is 4.52. The summed E-state index contributed by atoms with van der Waals surface area (Å²) in [4.78, 5) is 22.8. The van der Waals surface area contributed by atoms with Crippen molar-refractivity contribution in [1.29, 1.82) is 0 Å². The Hall–Kier alpha value is -2.87. The smallest absolute Gasteiger partial charge is 0.243 e. The number of H-pyrrole nitrogens is 1. The summed E-state index contributed by atoms with van der Waals surface area (Å²) in [5.74, 6) is 2.40. The maximum absolute atomic E-state index is 11.0. The summed E-state index contributed by atoms with van der Waals surface area (Å²) in [5.41, 5.74) is 2.39. The summed E-state index contributed by atoms with van der Waals surface area (Å²) in [6.45, 7) is 5.36. The fraction of sp³-hybridized carbons (Fsp3) is 0.455. The van der Waals surface area contributed by atoms with E-state index in [0.717, 1.165) is 34.3 Å². The van der Waals surface area contributed by atoms with E-state index in [9.17, 15) is 4.79 Å². The molecule has 31 heavy (non-hydrogen) atoms. The van der Waals surface area contributed by atoms with Crippen LogP contribution in [-0.4, -0.2) is 36.7 Å². The molecule has 9 heteroatoms. The first-order valence-corrected chi connectivity index (χ1v) is 11.0. The van der Waals surface area contributed by atoms with Crippen LogP contribution in [0.1, 0.15) is 37.8 Å². The maximum atomic E-state index is 11.0. The molecule has 3 aromatic heterocycles. The highest BCUT2D eigenvalue weighted by Gasteiger charge is 2.36. The van der Waals surface area contributed by atoms with Crippen LogP contribution in [0.15, 0.2) is 31.2 Å². The average Bonchev–Trinajstić information content (AvgIpc) is 3.16. The van der Waals surface area contributed by atoms with Crippen molar-refractivity contribution in [3.8, 4) is 0 Å². The second-order valence-electron chi connectivity index (χ2n) is 8.34. The van der Waals surface area contributed by atoms with Gasteiger partial charge >= 0.3 is 0 Å². The Kier molecular flexibility index (Phi) is 6.27. The predicted molar refractivity (Wildman–Crippen MR) is 122 cm³/mol. The quantitative estimate of drug-likeness (QED) is 0.513. The number of anilines is 2. The number of aryl methyl sites for hydroxylation is 2. The number of halogens is 1. The lowest BCUT2D eigenvalue weighted by atomic mass is 10.0. The number of aromatic nitrogens is 5. The number of nitrogens with one attached hydrogen (secondary N) is 3. The molecule has 1 amide bonds. The fourth-order valence-electron chi connectivity index (χ4n) is 4.24. The van der Waals surface area contributed by atoms with E-state index in [-0.39, 0.29) is 5.91 Å². The zero-order valence-electron chi connectivity index (χ0n) is 17.9. The van der Waals surface area contributed by atoms with Gasteiger partial charge in [0.1, 0.15) is 5.65 Å². The SMILES string of the molecule is C=CC(=O)NC1CCC(C2CC2)C1.Cc1nc(Nc2cnn(C)c2)nc2[nH]cc(Cl)c12. The number of fused-ring (bicyclic) bond motifs is 1. The molecule has 2 fully saturated rings. The average molecular weight is 442 g/mol. The van der Waals surface area contributed by atoms with Gasteiger partial charge in [0.15, 0.2) is 0 Å². The topological polar surface area (TPSA) is 101 Å². The van der Waals surface area contributed by atoms with Gasteiger partial charge in [-0.3, -0.25) is 9.48 Å². The third-order valence-corrected chi connectivity index (χ3v) is 6.22. The van der Waals surface area contributed by atoms with Crippen molar-refractivity contribution in [3.05, 3.63) is 42.0 Å². The van der Waals surface area contributed by atoms with Gasteiger partial charge in [0.05, 0.1) is 28.0 Å². The van der Waals surface area contributed by atoms with E-state index in [4.69, 9.17) is 11.6 Å². The molecule has 3 aromatic rings. The van der Waals surface area contributed by atoms with Crippen LogP contribution >= 0.6 is 11.6 Å². The van der Waals surface area contributed by atoms with Gasteiger partial charge in [0.25, 0.3) is 0 Å². The number of nitrogens with zero attached hydrogens (tertiary/aromatic N) is 4. The predicted octanol–water partition coefficient (Wildman–Crippen LogP) is 4.26. The molecule has 0 saturated heterocycles. The molecule has 2 unspecified atom stereocenters. The summed E-state index contributed by atoms with van der Waals surface area (Å²) < 4.78 is 1.71. The molecule has 0 spiro atoms. The maximum Gasteiger partial charge on any atom is 0.243 e. The molecule has 2 aliphatic rings.